The molecule has 6 aliphatic carbocycles. The molecule has 5 fully saturated rings. The van der Waals surface area contributed by atoms with Crippen LogP contribution in [0.3, 0.4) is 0 Å². The van der Waals surface area contributed by atoms with Crippen LogP contribution >= 0.6 is 0 Å². The summed E-state index contributed by atoms with van der Waals surface area (Å²) >= 11 is 0. The van der Waals surface area contributed by atoms with Gasteiger partial charge in [-0.1, -0.05) is 226 Å². The highest BCUT2D eigenvalue weighted by Crippen LogP contribution is 2.55. The van der Waals surface area contributed by atoms with Crippen molar-refractivity contribution in [3.05, 3.63) is 172 Å². The summed E-state index contributed by atoms with van der Waals surface area (Å²) in [5.41, 5.74) is 21.8. The van der Waals surface area contributed by atoms with Gasteiger partial charge in [-0.3, -0.25) is 0 Å². The van der Waals surface area contributed by atoms with E-state index in [1.165, 1.54) is 266 Å². The van der Waals surface area contributed by atoms with Gasteiger partial charge in [-0.2, -0.15) is 0 Å². The Morgan fingerprint density at radius 1 is 0.320 bits per heavy atom. The van der Waals surface area contributed by atoms with Crippen LogP contribution in [-0.2, 0) is 5.41 Å². The summed E-state index contributed by atoms with van der Waals surface area (Å²) < 4.78 is 0. The molecule has 6 aliphatic rings. The van der Waals surface area contributed by atoms with Gasteiger partial charge in [0.1, 0.15) is 0 Å². The van der Waals surface area contributed by atoms with Gasteiger partial charge >= 0.3 is 0 Å². The Balaban J connectivity index is 0.960. The van der Waals surface area contributed by atoms with E-state index in [9.17, 15) is 0 Å². The van der Waals surface area contributed by atoms with Crippen molar-refractivity contribution in [3.8, 4) is 22.3 Å². The largest absolute Gasteiger partial charge is 0.310 e. The zero-order valence-electron chi connectivity index (χ0n) is 46.4. The molecule has 0 aliphatic heterocycles. The van der Waals surface area contributed by atoms with E-state index in [1.54, 1.807) is 11.1 Å². The molecule has 392 valence electrons. The molecule has 0 amide bonds. The highest BCUT2D eigenvalue weighted by Gasteiger charge is 2.41. The average molecular weight is 995 g/mol. The third-order valence-corrected chi connectivity index (χ3v) is 20.7. The first-order valence-electron chi connectivity index (χ1n) is 31.6. The zero-order chi connectivity index (χ0) is 50.4. The quantitative estimate of drug-likeness (QED) is 0.132. The Bertz CT molecular complexity index is 2730. The van der Waals surface area contributed by atoms with Crippen molar-refractivity contribution in [3.63, 3.8) is 0 Å². The predicted molar refractivity (Wildman–Crippen MR) is 321 cm³/mol. The molecule has 1 atom stereocenters. The molecule has 0 radical (unpaired) electrons. The molecule has 0 saturated heterocycles. The Morgan fingerprint density at radius 3 is 1.21 bits per heavy atom. The molecule has 0 bridgehead atoms. The highest BCUT2D eigenvalue weighted by atomic mass is 15.1. The minimum absolute atomic E-state index is 0.266. The number of nitrogens with zero attached hydrogens (tertiary/aromatic N) is 1. The summed E-state index contributed by atoms with van der Waals surface area (Å²) in [5, 5.41) is 0. The number of anilines is 3. The minimum atomic E-state index is -0.266. The first kappa shape index (κ1) is 50.9. The van der Waals surface area contributed by atoms with Gasteiger partial charge in [0.05, 0.1) is 0 Å². The van der Waals surface area contributed by atoms with Crippen LogP contribution in [-0.4, -0.2) is 0 Å². The summed E-state index contributed by atoms with van der Waals surface area (Å²) in [5.74, 6) is 3.49. The molecular formula is C74H91N. The lowest BCUT2D eigenvalue weighted by Gasteiger charge is -2.34. The summed E-state index contributed by atoms with van der Waals surface area (Å²) in [4.78, 5) is 2.59. The Hall–Kier alpha value is -4.88. The molecule has 0 N–H and O–H groups in total. The molecule has 1 heteroatoms. The number of hydrogen-bond acceptors (Lipinski definition) is 1. The number of hydrogen-bond donors (Lipinski definition) is 0. The van der Waals surface area contributed by atoms with E-state index < -0.39 is 0 Å². The lowest BCUT2D eigenvalue weighted by Crippen LogP contribution is -2.23. The molecular weight excluding hydrogens is 903 g/mol. The molecule has 6 aromatic rings. The van der Waals surface area contributed by atoms with Crippen molar-refractivity contribution in [2.75, 3.05) is 4.90 Å². The van der Waals surface area contributed by atoms with Crippen molar-refractivity contribution in [2.45, 2.75) is 241 Å². The third-order valence-electron chi connectivity index (χ3n) is 20.7. The fraction of sp³-hybridized carbons (Fsp3) is 0.514. The van der Waals surface area contributed by atoms with E-state index in [-0.39, 0.29) is 5.41 Å². The first-order valence-corrected chi connectivity index (χ1v) is 31.6. The van der Waals surface area contributed by atoms with Crippen LogP contribution in [0.2, 0.25) is 0 Å². The van der Waals surface area contributed by atoms with Gasteiger partial charge in [0.15, 0.2) is 0 Å². The topological polar surface area (TPSA) is 3.24 Å². The van der Waals surface area contributed by atoms with Crippen LogP contribution in [0.15, 0.2) is 127 Å². The van der Waals surface area contributed by atoms with Crippen molar-refractivity contribution in [1.82, 2.24) is 0 Å². The van der Waals surface area contributed by atoms with E-state index in [2.05, 4.69) is 139 Å². The van der Waals surface area contributed by atoms with Crippen LogP contribution in [0.1, 0.15) is 280 Å². The van der Waals surface area contributed by atoms with Crippen LogP contribution in [0, 0.1) is 0 Å². The smallest absolute Gasteiger partial charge is 0.0465 e. The van der Waals surface area contributed by atoms with E-state index in [0.717, 1.165) is 5.92 Å². The number of fused-ring (bicyclic) bond motifs is 3. The standard InChI is InChI=1S/C74H91N/c1-74(63-43-37-56(38-44-63)54-25-19-11-20-26-54)71-36-24-23-35-67(71)68-50-49-66(53-72(68)74)75(64-45-39-57(40-46-64)55-27-21-12-22-28-55)65-47-41-58(42-48-65)62-51-69(59-29-13-5-2-6-14-30-59)73(61-33-17-9-4-10-18-34-61)70(52-62)60-31-15-7-3-8-16-32-60/h23-24,35-55,59-61H,2-22,25-34H2,1H3. The third kappa shape index (κ3) is 10.9. The second-order valence-corrected chi connectivity index (χ2v) is 25.4. The SMILES string of the molecule is CC1(c2ccc(C3CCCCC3)cc2)c2ccccc2-c2ccc(N(c3ccc(-c4cc(C5CCCCCCC5)c(C5CCCCCCC5)c(C5CCCCCCC5)c4)cc3)c3ccc(C4CCCCC4)cc3)cc21. The molecule has 1 unspecified atom stereocenters. The van der Waals surface area contributed by atoms with Gasteiger partial charge in [0.2, 0.25) is 0 Å². The Morgan fingerprint density at radius 2 is 0.707 bits per heavy atom. The van der Waals surface area contributed by atoms with Crippen molar-refractivity contribution in [2.24, 2.45) is 0 Å². The minimum Gasteiger partial charge on any atom is -0.310 e. The predicted octanol–water partition coefficient (Wildman–Crippen LogP) is 22.7. The lowest BCUT2D eigenvalue weighted by molar-refractivity contribution is 0.421. The molecule has 12 rings (SSSR count). The fourth-order valence-electron chi connectivity index (χ4n) is 16.3. The van der Waals surface area contributed by atoms with Gasteiger partial charge in [0.25, 0.3) is 0 Å². The maximum atomic E-state index is 2.78. The molecule has 1 nitrogen and oxygen atoms in total. The fourth-order valence-corrected chi connectivity index (χ4v) is 16.3. The summed E-state index contributed by atoms with van der Waals surface area (Å²) in [6.45, 7) is 2.51. The van der Waals surface area contributed by atoms with Crippen molar-refractivity contribution < 1.29 is 0 Å². The highest BCUT2D eigenvalue weighted by molar-refractivity contribution is 5.87. The number of benzene rings is 6. The lowest BCUT2D eigenvalue weighted by atomic mass is 9.71. The van der Waals surface area contributed by atoms with Crippen molar-refractivity contribution in [1.29, 1.82) is 0 Å². The second-order valence-electron chi connectivity index (χ2n) is 25.4. The monoisotopic (exact) mass is 994 g/mol. The Labute approximate surface area is 454 Å². The summed E-state index contributed by atoms with van der Waals surface area (Å²) in [7, 11) is 0. The van der Waals surface area contributed by atoms with Crippen LogP contribution in [0.5, 0.6) is 0 Å². The normalized spacial score (nSPS) is 22.2. The summed E-state index contributed by atoms with van der Waals surface area (Å²) in [6.07, 6.45) is 43.0. The zero-order valence-corrected chi connectivity index (χ0v) is 46.4. The van der Waals surface area contributed by atoms with Gasteiger partial charge < -0.3 is 4.90 Å². The van der Waals surface area contributed by atoms with Crippen LogP contribution < -0.4 is 4.90 Å². The maximum absolute atomic E-state index is 2.78. The maximum Gasteiger partial charge on any atom is 0.0465 e. The first-order chi connectivity index (χ1) is 37.1. The van der Waals surface area contributed by atoms with E-state index in [0.29, 0.717) is 23.7 Å². The molecule has 5 saturated carbocycles. The van der Waals surface area contributed by atoms with Gasteiger partial charge in [-0.05, 0) is 204 Å². The van der Waals surface area contributed by atoms with Gasteiger partial charge in [-0.15, -0.1) is 0 Å². The molecule has 0 spiro atoms. The second kappa shape index (κ2) is 23.8. The van der Waals surface area contributed by atoms with E-state index >= 15 is 0 Å². The molecule has 0 aromatic heterocycles. The van der Waals surface area contributed by atoms with Crippen LogP contribution in [0.25, 0.3) is 22.3 Å². The molecule has 0 heterocycles. The van der Waals surface area contributed by atoms with E-state index in [4.69, 9.17) is 0 Å². The summed E-state index contributed by atoms with van der Waals surface area (Å²) in [6, 6.07) is 52.0. The molecule has 6 aromatic carbocycles. The van der Waals surface area contributed by atoms with Gasteiger partial charge in [0, 0.05) is 22.5 Å². The van der Waals surface area contributed by atoms with E-state index in [1.807, 2.05) is 5.56 Å². The van der Waals surface area contributed by atoms with Gasteiger partial charge in [-0.25, -0.2) is 0 Å². The van der Waals surface area contributed by atoms with Crippen LogP contribution in [0.4, 0.5) is 17.1 Å². The number of rotatable bonds is 10. The van der Waals surface area contributed by atoms with Crippen molar-refractivity contribution >= 4 is 17.1 Å². The Kier molecular flexibility index (Phi) is 16.1. The average Bonchev–Trinajstić information content (AvgIpc) is 3.76. The molecule has 75 heavy (non-hydrogen) atoms.